The fraction of sp³-hybridized carbons (Fsp3) is 0.300. The van der Waals surface area contributed by atoms with Crippen LogP contribution in [-0.2, 0) is 6.42 Å². The van der Waals surface area contributed by atoms with Gasteiger partial charge in [0, 0.05) is 6.07 Å². The normalized spacial score (nSPS) is 10.5. The lowest BCUT2D eigenvalue weighted by atomic mass is 10.2. The predicted molar refractivity (Wildman–Crippen MR) is 73.9 cm³/mol. The highest BCUT2D eigenvalue weighted by atomic mass is 35.5. The molecule has 2 heterocycles. The van der Waals surface area contributed by atoms with Gasteiger partial charge in [-0.05, 0) is 29.6 Å². The first kappa shape index (κ1) is 14.1. The van der Waals surface area contributed by atoms with E-state index in [0.29, 0.717) is 17.0 Å². The smallest absolute Gasteiger partial charge is 0.270 e. The minimum absolute atomic E-state index is 0.0287. The van der Waals surface area contributed by atoms with Crippen molar-refractivity contribution in [1.29, 1.82) is 0 Å². The van der Waals surface area contributed by atoms with Gasteiger partial charge in [-0.25, -0.2) is 9.97 Å². The molecule has 1 amide bonds. The topological polar surface area (TPSA) is 80.7 Å². The van der Waals surface area contributed by atoms with Crippen LogP contribution in [0.5, 0.6) is 0 Å². The molecule has 100 valence electrons. The van der Waals surface area contributed by atoms with Gasteiger partial charge in [-0.2, -0.15) is 0 Å². The highest BCUT2D eigenvalue weighted by Crippen LogP contribution is 2.18. The average Bonchev–Trinajstić information content (AvgIpc) is 2.76. The maximum absolute atomic E-state index is 12.1. The van der Waals surface area contributed by atoms with Crippen molar-refractivity contribution in [1.82, 2.24) is 19.6 Å². The Kier molecular flexibility index (Phi) is 4.62. The Bertz CT molecular complexity index is 583. The molecule has 0 saturated heterocycles. The Morgan fingerprint density at radius 3 is 2.89 bits per heavy atom. The summed E-state index contributed by atoms with van der Waals surface area (Å²) in [5, 5.41) is 6.65. The fourth-order valence-electron chi connectivity index (χ4n) is 1.41. The summed E-state index contributed by atoms with van der Waals surface area (Å²) in [6.45, 7) is 2.00. The van der Waals surface area contributed by atoms with Crippen molar-refractivity contribution >= 4 is 46.5 Å². The Morgan fingerprint density at radius 2 is 2.21 bits per heavy atom. The van der Waals surface area contributed by atoms with Gasteiger partial charge in [0.2, 0.25) is 5.28 Å². The summed E-state index contributed by atoms with van der Waals surface area (Å²) in [5.74, 6) is -0.0878. The number of carbonyl (C=O) groups excluding carboxylic acids is 1. The molecule has 9 heteroatoms. The molecule has 0 aliphatic rings. The van der Waals surface area contributed by atoms with Gasteiger partial charge in [-0.3, -0.25) is 4.79 Å². The summed E-state index contributed by atoms with van der Waals surface area (Å²) in [4.78, 5) is 20.1. The second-order valence-electron chi connectivity index (χ2n) is 3.60. The molecule has 2 rings (SSSR count). The van der Waals surface area contributed by atoms with Crippen LogP contribution in [0.4, 0.5) is 5.82 Å². The molecule has 2 aromatic heterocycles. The highest BCUT2D eigenvalue weighted by molar-refractivity contribution is 7.08. The first-order valence-corrected chi connectivity index (χ1v) is 6.95. The van der Waals surface area contributed by atoms with E-state index in [1.165, 1.54) is 6.07 Å². The maximum atomic E-state index is 12.1. The number of halogens is 2. The molecule has 0 atom stereocenters. The van der Waals surface area contributed by atoms with Gasteiger partial charge in [0.25, 0.3) is 5.91 Å². The molecule has 1 N–H and O–H groups in total. The third-order valence-electron chi connectivity index (χ3n) is 2.16. The fourth-order valence-corrected chi connectivity index (χ4v) is 2.42. The molecule has 0 saturated carbocycles. The second kappa shape index (κ2) is 6.23. The van der Waals surface area contributed by atoms with Crippen molar-refractivity contribution in [3.05, 3.63) is 27.1 Å². The predicted octanol–water partition coefficient (Wildman–Crippen LogP) is 2.84. The number of nitrogens with zero attached hydrogens (tertiary/aromatic N) is 4. The Morgan fingerprint density at radius 1 is 1.42 bits per heavy atom. The van der Waals surface area contributed by atoms with Crippen LogP contribution < -0.4 is 5.32 Å². The van der Waals surface area contributed by atoms with Crippen LogP contribution in [0.25, 0.3) is 0 Å². The number of carbonyl (C=O) groups is 1. The number of aryl methyl sites for hydroxylation is 1. The van der Waals surface area contributed by atoms with Gasteiger partial charge in [-0.15, -0.1) is 5.10 Å². The molecule has 0 spiro atoms. The van der Waals surface area contributed by atoms with E-state index >= 15 is 0 Å². The SMILES string of the molecule is CCCc1nnsc1C(=O)Nc1cc(Cl)nc(Cl)n1. The molecule has 0 fully saturated rings. The Hall–Kier alpha value is -1.31. The van der Waals surface area contributed by atoms with E-state index in [9.17, 15) is 4.79 Å². The van der Waals surface area contributed by atoms with E-state index in [1.807, 2.05) is 6.92 Å². The summed E-state index contributed by atoms with van der Waals surface area (Å²) in [7, 11) is 0. The Balaban J connectivity index is 2.18. The number of aromatic nitrogens is 4. The van der Waals surface area contributed by atoms with Crippen LogP contribution in [0.2, 0.25) is 10.4 Å². The minimum atomic E-state index is -0.329. The molecule has 0 aromatic carbocycles. The number of amides is 1. The van der Waals surface area contributed by atoms with Crippen molar-refractivity contribution < 1.29 is 4.79 Å². The van der Waals surface area contributed by atoms with Crippen LogP contribution in [0.15, 0.2) is 6.07 Å². The van der Waals surface area contributed by atoms with Crippen LogP contribution in [0, 0.1) is 0 Å². The van der Waals surface area contributed by atoms with Crippen LogP contribution >= 0.6 is 34.7 Å². The minimum Gasteiger partial charge on any atom is -0.306 e. The zero-order valence-electron chi connectivity index (χ0n) is 9.85. The summed E-state index contributed by atoms with van der Waals surface area (Å²) in [5.41, 5.74) is 0.677. The number of rotatable bonds is 4. The van der Waals surface area contributed by atoms with E-state index in [2.05, 4.69) is 24.9 Å². The number of hydrogen-bond acceptors (Lipinski definition) is 6. The van der Waals surface area contributed by atoms with Crippen molar-refractivity contribution in [3.63, 3.8) is 0 Å². The summed E-state index contributed by atoms with van der Waals surface area (Å²) in [6.07, 6.45) is 1.58. The highest BCUT2D eigenvalue weighted by Gasteiger charge is 2.16. The third kappa shape index (κ3) is 3.59. The van der Waals surface area contributed by atoms with Gasteiger partial charge in [-0.1, -0.05) is 29.4 Å². The number of hydrogen-bond donors (Lipinski definition) is 1. The molecule has 0 aliphatic heterocycles. The number of nitrogens with one attached hydrogen (secondary N) is 1. The van der Waals surface area contributed by atoms with E-state index in [1.54, 1.807) is 0 Å². The van der Waals surface area contributed by atoms with Crippen molar-refractivity contribution in [2.75, 3.05) is 5.32 Å². The number of anilines is 1. The van der Waals surface area contributed by atoms with E-state index in [0.717, 1.165) is 18.0 Å². The standard InChI is InChI=1S/C10H9Cl2N5OS/c1-2-3-5-8(19-17-16-5)9(18)14-7-4-6(11)13-10(12)15-7/h4H,2-3H2,1H3,(H,13,14,15,18). The van der Waals surface area contributed by atoms with Gasteiger partial charge in [0.05, 0.1) is 5.69 Å². The van der Waals surface area contributed by atoms with Gasteiger partial charge in [0.15, 0.2) is 0 Å². The van der Waals surface area contributed by atoms with Crippen LogP contribution in [0.3, 0.4) is 0 Å². The second-order valence-corrected chi connectivity index (χ2v) is 5.08. The largest absolute Gasteiger partial charge is 0.306 e. The lowest BCUT2D eigenvalue weighted by molar-refractivity contribution is 0.102. The molecule has 6 nitrogen and oxygen atoms in total. The van der Waals surface area contributed by atoms with E-state index in [4.69, 9.17) is 23.2 Å². The molecule has 0 radical (unpaired) electrons. The van der Waals surface area contributed by atoms with Gasteiger partial charge >= 0.3 is 0 Å². The van der Waals surface area contributed by atoms with Crippen LogP contribution in [0.1, 0.15) is 28.7 Å². The summed E-state index contributed by atoms with van der Waals surface area (Å²) >= 11 is 12.4. The van der Waals surface area contributed by atoms with Crippen molar-refractivity contribution in [2.45, 2.75) is 19.8 Å². The summed E-state index contributed by atoms with van der Waals surface area (Å²) in [6, 6.07) is 1.42. The zero-order chi connectivity index (χ0) is 13.8. The zero-order valence-corrected chi connectivity index (χ0v) is 12.2. The summed E-state index contributed by atoms with van der Waals surface area (Å²) < 4.78 is 3.78. The molecule has 0 bridgehead atoms. The molecular formula is C10H9Cl2N5OS. The molecule has 2 aromatic rings. The quantitative estimate of drug-likeness (QED) is 0.692. The van der Waals surface area contributed by atoms with E-state index in [-0.39, 0.29) is 22.2 Å². The molecule has 19 heavy (non-hydrogen) atoms. The first-order valence-electron chi connectivity index (χ1n) is 5.42. The van der Waals surface area contributed by atoms with Gasteiger partial charge in [0.1, 0.15) is 15.8 Å². The van der Waals surface area contributed by atoms with Gasteiger partial charge < -0.3 is 5.32 Å². The lowest BCUT2D eigenvalue weighted by Crippen LogP contribution is -2.13. The van der Waals surface area contributed by atoms with Crippen molar-refractivity contribution in [3.8, 4) is 0 Å². The average molecular weight is 318 g/mol. The molecular weight excluding hydrogens is 309 g/mol. The van der Waals surface area contributed by atoms with Crippen molar-refractivity contribution in [2.24, 2.45) is 0 Å². The molecule has 0 aliphatic carbocycles. The first-order chi connectivity index (χ1) is 9.10. The Labute approximate surface area is 123 Å². The van der Waals surface area contributed by atoms with Crippen LogP contribution in [-0.4, -0.2) is 25.5 Å². The van der Waals surface area contributed by atoms with E-state index < -0.39 is 0 Å². The lowest BCUT2D eigenvalue weighted by Gasteiger charge is -2.04. The molecule has 0 unspecified atom stereocenters. The monoisotopic (exact) mass is 317 g/mol. The maximum Gasteiger partial charge on any atom is 0.270 e. The third-order valence-corrected chi connectivity index (χ3v) is 3.29.